The quantitative estimate of drug-likeness (QED) is 0.237. The lowest BCUT2D eigenvalue weighted by Gasteiger charge is -2.24. The Kier molecular flexibility index (Phi) is 4.90. The Bertz CT molecular complexity index is 1810. The maximum atomic E-state index is 6.31. The normalized spacial score (nSPS) is 11.5. The second-order valence-corrected chi connectivity index (χ2v) is 9.52. The van der Waals surface area contributed by atoms with E-state index in [-0.39, 0.29) is 0 Å². The van der Waals surface area contributed by atoms with E-state index in [0.717, 1.165) is 10.7 Å². The summed E-state index contributed by atoms with van der Waals surface area (Å²) < 4.78 is 2.39. The van der Waals surface area contributed by atoms with E-state index in [9.17, 15) is 0 Å². The van der Waals surface area contributed by atoms with Crippen LogP contribution in [0.25, 0.3) is 60.9 Å². The second-order valence-electron chi connectivity index (χ2n) is 9.08. The van der Waals surface area contributed by atoms with Crippen LogP contribution >= 0.6 is 11.6 Å². The molecule has 2 heteroatoms. The van der Waals surface area contributed by atoms with Crippen molar-refractivity contribution in [2.24, 2.45) is 0 Å². The molecule has 0 fully saturated rings. The maximum Gasteiger partial charge on any atom is 0.0619 e. The third-order valence-corrected chi connectivity index (χ3v) is 7.29. The average molecular weight is 480 g/mol. The number of halogens is 1. The highest BCUT2D eigenvalue weighted by Crippen LogP contribution is 2.52. The largest absolute Gasteiger partial charge is 0.309 e. The van der Waals surface area contributed by atoms with Crippen LogP contribution in [-0.2, 0) is 0 Å². The van der Waals surface area contributed by atoms with Gasteiger partial charge in [-0.25, -0.2) is 0 Å². The van der Waals surface area contributed by atoms with Gasteiger partial charge < -0.3 is 4.57 Å². The number of nitrogens with zero attached hydrogens (tertiary/aromatic N) is 1. The number of hydrogen-bond donors (Lipinski definition) is 0. The molecule has 7 rings (SSSR count). The first-order chi connectivity index (χ1) is 17.8. The van der Waals surface area contributed by atoms with Crippen LogP contribution in [0.1, 0.15) is 0 Å². The highest BCUT2D eigenvalue weighted by Gasteiger charge is 2.28. The molecule has 0 radical (unpaired) electrons. The molecule has 0 bridgehead atoms. The van der Waals surface area contributed by atoms with Gasteiger partial charge in [-0.2, -0.15) is 0 Å². The first kappa shape index (κ1) is 21.0. The van der Waals surface area contributed by atoms with Crippen molar-refractivity contribution in [3.05, 3.63) is 138 Å². The van der Waals surface area contributed by atoms with Gasteiger partial charge in [0.25, 0.3) is 0 Å². The molecule has 36 heavy (non-hydrogen) atoms. The molecule has 0 saturated carbocycles. The minimum absolute atomic E-state index is 0.733. The number of fused-ring (bicyclic) bond motifs is 5. The van der Waals surface area contributed by atoms with Crippen LogP contribution in [0.15, 0.2) is 133 Å². The lowest BCUT2D eigenvalue weighted by molar-refractivity contribution is 1.12. The molecule has 1 aliphatic heterocycles. The summed E-state index contributed by atoms with van der Waals surface area (Å²) in [5.74, 6) is 0. The van der Waals surface area contributed by atoms with E-state index < -0.39 is 0 Å². The summed E-state index contributed by atoms with van der Waals surface area (Å²) in [6.45, 7) is 0. The fourth-order valence-electron chi connectivity index (χ4n) is 5.57. The number of para-hydroxylation sites is 1. The van der Waals surface area contributed by atoms with Crippen molar-refractivity contribution in [2.75, 3.05) is 0 Å². The van der Waals surface area contributed by atoms with Crippen LogP contribution in [0, 0.1) is 0 Å². The summed E-state index contributed by atoms with van der Waals surface area (Å²) in [5.41, 5.74) is 9.70. The Morgan fingerprint density at radius 1 is 0.417 bits per heavy atom. The Labute approximate surface area is 215 Å². The van der Waals surface area contributed by atoms with Crippen molar-refractivity contribution < 1.29 is 0 Å². The third kappa shape index (κ3) is 3.17. The topological polar surface area (TPSA) is 4.93 Å². The second kappa shape index (κ2) is 8.41. The van der Waals surface area contributed by atoms with Gasteiger partial charge in [0.15, 0.2) is 0 Å². The molecule has 2 aliphatic rings. The van der Waals surface area contributed by atoms with Gasteiger partial charge in [0.1, 0.15) is 0 Å². The van der Waals surface area contributed by atoms with Crippen LogP contribution in [0.5, 0.6) is 0 Å². The average Bonchev–Trinajstić information content (AvgIpc) is 3.29. The summed E-state index contributed by atoms with van der Waals surface area (Å²) in [6, 6.07) is 47.2. The molecule has 170 valence electrons. The summed E-state index contributed by atoms with van der Waals surface area (Å²) in [6.07, 6.45) is 0. The fraction of sp³-hybridized carbons (Fsp3) is 0. The van der Waals surface area contributed by atoms with Crippen molar-refractivity contribution in [3.63, 3.8) is 0 Å². The predicted molar refractivity (Wildman–Crippen MR) is 153 cm³/mol. The molecule has 0 amide bonds. The van der Waals surface area contributed by atoms with Crippen molar-refractivity contribution in [2.45, 2.75) is 0 Å². The van der Waals surface area contributed by atoms with Gasteiger partial charge in [-0.1, -0.05) is 115 Å². The van der Waals surface area contributed by atoms with Crippen molar-refractivity contribution in [3.8, 4) is 39.2 Å². The zero-order valence-electron chi connectivity index (χ0n) is 19.5. The van der Waals surface area contributed by atoms with Crippen LogP contribution in [0.4, 0.5) is 0 Å². The lowest BCUT2D eigenvalue weighted by atomic mass is 9.91. The van der Waals surface area contributed by atoms with Crippen molar-refractivity contribution >= 4 is 33.3 Å². The summed E-state index contributed by atoms with van der Waals surface area (Å²) in [7, 11) is 0. The monoisotopic (exact) mass is 479 g/mol. The van der Waals surface area contributed by atoms with E-state index in [4.69, 9.17) is 11.6 Å². The zero-order valence-corrected chi connectivity index (χ0v) is 20.3. The first-order valence-electron chi connectivity index (χ1n) is 12.2. The Hall–Kier alpha value is -4.33. The summed E-state index contributed by atoms with van der Waals surface area (Å²) >= 11 is 6.31. The van der Waals surface area contributed by atoms with Crippen molar-refractivity contribution in [1.82, 2.24) is 4.57 Å². The van der Waals surface area contributed by atoms with Crippen LogP contribution in [-0.4, -0.2) is 4.57 Å². The molecule has 5 aromatic rings. The van der Waals surface area contributed by atoms with E-state index in [1.807, 2.05) is 12.1 Å². The predicted octanol–water partition coefficient (Wildman–Crippen LogP) is 9.88. The fourth-order valence-corrected chi connectivity index (χ4v) is 5.70. The molecular weight excluding hydrogens is 458 g/mol. The molecule has 1 heterocycles. The highest BCUT2D eigenvalue weighted by molar-refractivity contribution is 6.30. The standard InChI is InChI=1S/C34H22ClN/c35-25-19-21-26(22-20-25)36-30-18-10-9-17-29(30)32-31(23-11-3-1-4-12-23)27-15-7-8-16-28(27)33(32)34(36)24-13-5-2-6-14-24/h1-22H. The van der Waals surface area contributed by atoms with Crippen molar-refractivity contribution in [1.29, 1.82) is 0 Å². The van der Waals surface area contributed by atoms with Gasteiger partial charge in [-0.3, -0.25) is 0 Å². The minimum Gasteiger partial charge on any atom is -0.309 e. The van der Waals surface area contributed by atoms with E-state index in [1.54, 1.807) is 0 Å². The number of pyridine rings is 1. The molecule has 5 aromatic carbocycles. The Balaban J connectivity index is 1.78. The Morgan fingerprint density at radius 3 is 1.61 bits per heavy atom. The smallest absolute Gasteiger partial charge is 0.0619 e. The van der Waals surface area contributed by atoms with E-state index in [0.29, 0.717) is 0 Å². The van der Waals surface area contributed by atoms with E-state index in [1.165, 1.54) is 55.2 Å². The molecule has 1 aliphatic carbocycles. The summed E-state index contributed by atoms with van der Waals surface area (Å²) in [5, 5.41) is 4.50. The van der Waals surface area contributed by atoms with E-state index >= 15 is 0 Å². The third-order valence-electron chi connectivity index (χ3n) is 7.03. The number of benzene rings is 5. The van der Waals surface area contributed by atoms with Crippen LogP contribution in [0.3, 0.4) is 0 Å². The van der Waals surface area contributed by atoms with Gasteiger partial charge >= 0.3 is 0 Å². The molecule has 1 nitrogen and oxygen atoms in total. The molecule has 0 N–H and O–H groups in total. The number of hydrogen-bond acceptors (Lipinski definition) is 0. The molecule has 0 saturated heterocycles. The number of aromatic nitrogens is 1. The Morgan fingerprint density at radius 2 is 0.944 bits per heavy atom. The summed E-state index contributed by atoms with van der Waals surface area (Å²) in [4.78, 5) is 0. The van der Waals surface area contributed by atoms with Gasteiger partial charge in [0.2, 0.25) is 0 Å². The zero-order chi connectivity index (χ0) is 24.1. The van der Waals surface area contributed by atoms with Gasteiger partial charge in [-0.05, 0) is 57.8 Å². The number of rotatable bonds is 3. The molecular formula is C34H22ClN. The molecule has 0 atom stereocenters. The molecule has 0 spiro atoms. The van der Waals surface area contributed by atoms with Crippen LogP contribution in [0.2, 0.25) is 5.02 Å². The van der Waals surface area contributed by atoms with Gasteiger partial charge in [0.05, 0.1) is 11.2 Å². The van der Waals surface area contributed by atoms with E-state index in [2.05, 4.69) is 126 Å². The van der Waals surface area contributed by atoms with Gasteiger partial charge in [0, 0.05) is 27.2 Å². The van der Waals surface area contributed by atoms with Gasteiger partial charge in [-0.15, -0.1) is 0 Å². The minimum atomic E-state index is 0.733. The SMILES string of the molecule is Clc1ccc(-n2c(-c3ccccc3)c3c4ccccc4c(-c4ccccc4)c-3c3ccccc32)cc1. The lowest BCUT2D eigenvalue weighted by Crippen LogP contribution is -2.05. The highest BCUT2D eigenvalue weighted by atomic mass is 35.5. The van der Waals surface area contributed by atoms with Crippen LogP contribution < -0.4 is 0 Å². The molecule has 0 aromatic heterocycles. The first-order valence-corrected chi connectivity index (χ1v) is 12.5. The maximum absolute atomic E-state index is 6.31. The molecule has 0 unspecified atom stereocenters.